The van der Waals surface area contributed by atoms with Gasteiger partial charge in [0.2, 0.25) is 0 Å². The number of nitrogens with zero attached hydrogens (tertiary/aromatic N) is 3. The van der Waals surface area contributed by atoms with E-state index in [0.717, 1.165) is 47.9 Å². The topological polar surface area (TPSA) is 45.3 Å². The monoisotopic (exact) mass is 381 g/mol. The fourth-order valence-electron chi connectivity index (χ4n) is 3.81. The van der Waals surface area contributed by atoms with Gasteiger partial charge in [-0.3, -0.25) is 4.79 Å². The van der Waals surface area contributed by atoms with E-state index in [-0.39, 0.29) is 5.91 Å². The summed E-state index contributed by atoms with van der Waals surface area (Å²) < 4.78 is 11.5. The van der Waals surface area contributed by atoms with Gasteiger partial charge in [0.05, 0.1) is 5.69 Å². The fourth-order valence-corrected chi connectivity index (χ4v) is 3.81. The maximum atomic E-state index is 13.0. The average molecular weight is 381 g/mol. The van der Waals surface area contributed by atoms with E-state index in [9.17, 15) is 4.79 Å². The molecule has 1 amide bonds. The van der Waals surface area contributed by atoms with E-state index in [1.165, 1.54) is 0 Å². The molecule has 0 radical (unpaired) electrons. The van der Waals surface area contributed by atoms with Gasteiger partial charge >= 0.3 is 0 Å². The van der Waals surface area contributed by atoms with Crippen LogP contribution in [-0.2, 0) is 6.54 Å². The largest absolute Gasteiger partial charge is 0.486 e. The number of para-hydroxylation sites is 1. The van der Waals surface area contributed by atoms with Crippen LogP contribution in [0.1, 0.15) is 15.9 Å². The Balaban J connectivity index is 1.43. The summed E-state index contributed by atoms with van der Waals surface area (Å²) in [5.41, 5.74) is 2.97. The third kappa shape index (κ3) is 3.92. The molecule has 0 unspecified atom stereocenters. The molecule has 148 valence electrons. The number of amides is 1. The number of anilines is 1. The Morgan fingerprint density at radius 2 is 1.75 bits per heavy atom. The van der Waals surface area contributed by atoms with Crippen LogP contribution in [0.2, 0.25) is 0 Å². The third-order valence-corrected chi connectivity index (χ3v) is 5.13. The van der Waals surface area contributed by atoms with E-state index in [0.29, 0.717) is 26.3 Å². The summed E-state index contributed by atoms with van der Waals surface area (Å²) in [6.07, 6.45) is 0. The van der Waals surface area contributed by atoms with Crippen LogP contribution in [0, 0.1) is 0 Å². The first-order valence-corrected chi connectivity index (χ1v) is 9.78. The predicted molar refractivity (Wildman–Crippen MR) is 109 cm³/mol. The van der Waals surface area contributed by atoms with Gasteiger partial charge in [-0.25, -0.2) is 0 Å². The predicted octanol–water partition coefficient (Wildman–Crippen LogP) is 2.48. The van der Waals surface area contributed by atoms with Crippen molar-refractivity contribution < 1.29 is 14.3 Å². The Bertz CT molecular complexity index is 845. The lowest BCUT2D eigenvalue weighted by molar-refractivity contribution is 0.0746. The van der Waals surface area contributed by atoms with Crippen molar-refractivity contribution in [2.45, 2.75) is 6.54 Å². The fraction of sp³-hybridized carbons (Fsp3) is 0.409. The number of rotatable bonds is 4. The Labute approximate surface area is 166 Å². The lowest BCUT2D eigenvalue weighted by Gasteiger charge is -2.37. The molecular weight excluding hydrogens is 354 g/mol. The number of piperazine rings is 1. The standard InChI is InChI=1S/C22H27N3O3/c1-23(2)16-17-5-3-6-18(15-17)22(26)25-11-9-24(10-12-25)19-7-4-8-20-21(19)28-14-13-27-20/h3-8,15H,9-14,16H2,1-2H3. The number of hydrogen-bond donors (Lipinski definition) is 0. The zero-order valence-corrected chi connectivity index (χ0v) is 16.6. The van der Waals surface area contributed by atoms with Gasteiger partial charge in [0.15, 0.2) is 11.5 Å². The number of carbonyl (C=O) groups excluding carboxylic acids is 1. The van der Waals surface area contributed by atoms with Crippen molar-refractivity contribution in [3.63, 3.8) is 0 Å². The minimum Gasteiger partial charge on any atom is -0.486 e. The van der Waals surface area contributed by atoms with E-state index in [4.69, 9.17) is 9.47 Å². The highest BCUT2D eigenvalue weighted by molar-refractivity contribution is 5.94. The molecule has 1 saturated heterocycles. The molecule has 0 aromatic heterocycles. The number of hydrogen-bond acceptors (Lipinski definition) is 5. The molecule has 0 spiro atoms. The van der Waals surface area contributed by atoms with Gasteiger partial charge in [0.25, 0.3) is 5.91 Å². The van der Waals surface area contributed by atoms with Crippen molar-refractivity contribution in [2.75, 3.05) is 58.4 Å². The molecule has 2 aliphatic rings. The highest BCUT2D eigenvalue weighted by atomic mass is 16.6. The van der Waals surface area contributed by atoms with Gasteiger partial charge in [0.1, 0.15) is 13.2 Å². The second-order valence-electron chi connectivity index (χ2n) is 7.52. The van der Waals surface area contributed by atoms with Crippen LogP contribution in [0.3, 0.4) is 0 Å². The van der Waals surface area contributed by atoms with Crippen LogP contribution in [-0.4, -0.2) is 69.2 Å². The van der Waals surface area contributed by atoms with E-state index in [2.05, 4.69) is 21.9 Å². The molecule has 0 atom stereocenters. The number of benzene rings is 2. The van der Waals surface area contributed by atoms with Gasteiger partial charge in [-0.05, 0) is 43.9 Å². The summed E-state index contributed by atoms with van der Waals surface area (Å²) in [7, 11) is 4.07. The molecule has 2 aliphatic heterocycles. The zero-order chi connectivity index (χ0) is 19.5. The van der Waals surface area contributed by atoms with Crippen molar-refractivity contribution in [1.82, 2.24) is 9.80 Å². The quantitative estimate of drug-likeness (QED) is 0.814. The van der Waals surface area contributed by atoms with Crippen LogP contribution in [0.15, 0.2) is 42.5 Å². The van der Waals surface area contributed by atoms with Crippen LogP contribution >= 0.6 is 0 Å². The molecule has 2 aromatic carbocycles. The summed E-state index contributed by atoms with van der Waals surface area (Å²) in [5, 5.41) is 0. The molecule has 4 rings (SSSR count). The van der Waals surface area contributed by atoms with E-state index in [1.54, 1.807) is 0 Å². The Morgan fingerprint density at radius 3 is 2.54 bits per heavy atom. The van der Waals surface area contributed by atoms with Crippen LogP contribution in [0.5, 0.6) is 11.5 Å². The Kier molecular flexibility index (Phi) is 5.39. The van der Waals surface area contributed by atoms with Crippen molar-refractivity contribution >= 4 is 11.6 Å². The number of fused-ring (bicyclic) bond motifs is 1. The van der Waals surface area contributed by atoms with Gasteiger partial charge in [0, 0.05) is 38.3 Å². The second kappa shape index (κ2) is 8.10. The number of carbonyl (C=O) groups is 1. The van der Waals surface area contributed by atoms with Gasteiger partial charge in [-0.15, -0.1) is 0 Å². The van der Waals surface area contributed by atoms with Crippen molar-refractivity contribution in [2.24, 2.45) is 0 Å². The maximum Gasteiger partial charge on any atom is 0.253 e. The molecule has 0 N–H and O–H groups in total. The molecular formula is C22H27N3O3. The van der Waals surface area contributed by atoms with Crippen LogP contribution < -0.4 is 14.4 Å². The molecule has 6 heteroatoms. The van der Waals surface area contributed by atoms with Crippen LogP contribution in [0.4, 0.5) is 5.69 Å². The smallest absolute Gasteiger partial charge is 0.253 e. The first-order valence-electron chi connectivity index (χ1n) is 9.78. The molecule has 1 fully saturated rings. The van der Waals surface area contributed by atoms with Crippen molar-refractivity contribution in [3.8, 4) is 11.5 Å². The van der Waals surface area contributed by atoms with E-state index >= 15 is 0 Å². The van der Waals surface area contributed by atoms with Crippen LogP contribution in [0.25, 0.3) is 0 Å². The van der Waals surface area contributed by atoms with Gasteiger partial charge in [-0.2, -0.15) is 0 Å². The molecule has 2 aromatic rings. The zero-order valence-electron chi connectivity index (χ0n) is 16.6. The molecule has 6 nitrogen and oxygen atoms in total. The van der Waals surface area contributed by atoms with Gasteiger partial charge < -0.3 is 24.2 Å². The lowest BCUT2D eigenvalue weighted by Crippen LogP contribution is -2.49. The molecule has 0 bridgehead atoms. The summed E-state index contributed by atoms with van der Waals surface area (Å²) in [4.78, 5) is 19.3. The molecule has 0 saturated carbocycles. The highest BCUT2D eigenvalue weighted by Gasteiger charge is 2.26. The minimum absolute atomic E-state index is 0.106. The maximum absolute atomic E-state index is 13.0. The van der Waals surface area contributed by atoms with Crippen molar-refractivity contribution in [3.05, 3.63) is 53.6 Å². The SMILES string of the molecule is CN(C)Cc1cccc(C(=O)N2CCN(c3cccc4c3OCCO4)CC2)c1. The van der Waals surface area contributed by atoms with E-state index in [1.807, 2.05) is 49.3 Å². The normalized spacial score (nSPS) is 16.4. The van der Waals surface area contributed by atoms with E-state index < -0.39 is 0 Å². The first kappa shape index (κ1) is 18.6. The van der Waals surface area contributed by atoms with Gasteiger partial charge in [-0.1, -0.05) is 18.2 Å². The highest BCUT2D eigenvalue weighted by Crippen LogP contribution is 2.39. The summed E-state index contributed by atoms with van der Waals surface area (Å²) >= 11 is 0. The molecule has 2 heterocycles. The Morgan fingerprint density at radius 1 is 1.00 bits per heavy atom. The third-order valence-electron chi connectivity index (χ3n) is 5.13. The minimum atomic E-state index is 0.106. The molecule has 0 aliphatic carbocycles. The summed E-state index contributed by atoms with van der Waals surface area (Å²) in [6.45, 7) is 4.95. The lowest BCUT2D eigenvalue weighted by atomic mass is 10.1. The Hall–Kier alpha value is -2.73. The summed E-state index contributed by atoms with van der Waals surface area (Å²) in [5.74, 6) is 1.74. The average Bonchev–Trinajstić information content (AvgIpc) is 2.73. The summed E-state index contributed by atoms with van der Waals surface area (Å²) in [6, 6.07) is 14.0. The first-order chi connectivity index (χ1) is 13.6. The van der Waals surface area contributed by atoms with Crippen molar-refractivity contribution in [1.29, 1.82) is 0 Å². The number of ether oxygens (including phenoxy) is 2. The molecule has 28 heavy (non-hydrogen) atoms. The second-order valence-corrected chi connectivity index (χ2v) is 7.52.